The Morgan fingerprint density at radius 2 is 1.86 bits per heavy atom. The van der Waals surface area contributed by atoms with E-state index in [2.05, 4.69) is 10.3 Å². The number of carbonyl (C=O) groups excluding carboxylic acids is 2. The summed E-state index contributed by atoms with van der Waals surface area (Å²) in [6.07, 6.45) is 7.18. The van der Waals surface area contributed by atoms with E-state index in [0.717, 1.165) is 15.5 Å². The molecular formula is C22H19N3O2S. The van der Waals surface area contributed by atoms with E-state index in [-0.39, 0.29) is 18.2 Å². The van der Waals surface area contributed by atoms with Crippen LogP contribution in [-0.2, 0) is 9.59 Å². The Labute approximate surface area is 167 Å². The quantitative estimate of drug-likeness (QED) is 0.849. The molecule has 0 spiro atoms. The molecule has 0 saturated heterocycles. The number of carbonyl (C=O) groups is 2. The highest BCUT2D eigenvalue weighted by Crippen LogP contribution is 2.35. The average Bonchev–Trinajstić information content (AvgIpc) is 2.70. The van der Waals surface area contributed by atoms with E-state index in [9.17, 15) is 9.59 Å². The van der Waals surface area contributed by atoms with Crippen molar-refractivity contribution < 1.29 is 9.59 Å². The summed E-state index contributed by atoms with van der Waals surface area (Å²) in [4.78, 5) is 33.2. The van der Waals surface area contributed by atoms with Gasteiger partial charge in [-0.05, 0) is 43.3 Å². The molecule has 2 aromatic carbocycles. The number of benzene rings is 2. The fourth-order valence-electron chi connectivity index (χ4n) is 3.21. The second kappa shape index (κ2) is 7.48. The number of aliphatic imine (C=N–C) groups is 1. The number of para-hydroxylation sites is 1. The van der Waals surface area contributed by atoms with Crippen LogP contribution in [-0.4, -0.2) is 28.1 Å². The lowest BCUT2D eigenvalue weighted by Gasteiger charge is -2.41. The third kappa shape index (κ3) is 3.51. The second-order valence-electron chi connectivity index (χ2n) is 6.75. The van der Waals surface area contributed by atoms with Gasteiger partial charge in [0.05, 0.1) is 12.1 Å². The Morgan fingerprint density at radius 3 is 2.68 bits per heavy atom. The van der Waals surface area contributed by atoms with Crippen molar-refractivity contribution in [3.63, 3.8) is 0 Å². The molecule has 140 valence electrons. The van der Waals surface area contributed by atoms with Gasteiger partial charge in [-0.2, -0.15) is 4.99 Å². The first-order valence-electron chi connectivity index (χ1n) is 8.95. The van der Waals surface area contributed by atoms with Crippen LogP contribution >= 0.6 is 11.8 Å². The minimum Gasteiger partial charge on any atom is -0.323 e. The van der Waals surface area contributed by atoms with Gasteiger partial charge in [0.1, 0.15) is 11.4 Å². The molecule has 0 fully saturated rings. The molecule has 2 aromatic rings. The van der Waals surface area contributed by atoms with Gasteiger partial charge in [-0.1, -0.05) is 48.2 Å². The van der Waals surface area contributed by atoms with E-state index in [4.69, 9.17) is 0 Å². The predicted molar refractivity (Wildman–Crippen MR) is 111 cm³/mol. The van der Waals surface area contributed by atoms with E-state index >= 15 is 0 Å². The highest BCUT2D eigenvalue weighted by molar-refractivity contribution is 7.99. The Morgan fingerprint density at radius 1 is 1.11 bits per heavy atom. The lowest BCUT2D eigenvalue weighted by molar-refractivity contribution is -0.130. The predicted octanol–water partition coefficient (Wildman–Crippen LogP) is 4.25. The topological polar surface area (TPSA) is 61.8 Å². The van der Waals surface area contributed by atoms with Crippen LogP contribution in [0.25, 0.3) is 0 Å². The fourth-order valence-corrected chi connectivity index (χ4v) is 4.13. The molecule has 5 nitrogen and oxygen atoms in total. The maximum absolute atomic E-state index is 13.3. The van der Waals surface area contributed by atoms with Crippen molar-refractivity contribution in [1.29, 1.82) is 0 Å². The summed E-state index contributed by atoms with van der Waals surface area (Å²) < 4.78 is 0. The molecule has 0 aliphatic carbocycles. The third-order valence-electron chi connectivity index (χ3n) is 4.70. The van der Waals surface area contributed by atoms with E-state index < -0.39 is 5.54 Å². The van der Waals surface area contributed by atoms with E-state index in [0.29, 0.717) is 5.84 Å². The van der Waals surface area contributed by atoms with Crippen LogP contribution in [0.15, 0.2) is 93.8 Å². The van der Waals surface area contributed by atoms with E-state index in [1.807, 2.05) is 60.7 Å². The first-order chi connectivity index (χ1) is 13.6. The van der Waals surface area contributed by atoms with Gasteiger partial charge in [0, 0.05) is 16.0 Å². The zero-order valence-electron chi connectivity index (χ0n) is 15.3. The standard InChI is InChI=1S/C22H19N3O2S/c1-22(15-20(26)24-19-13-7-8-14-25(19)22)21(27)23-17-11-5-6-12-18(17)28-16-9-3-2-4-10-16/h2-14H,15H2,1H3,(H,23,27). The molecule has 0 saturated carbocycles. The van der Waals surface area contributed by atoms with Gasteiger partial charge in [-0.3, -0.25) is 9.59 Å². The SMILES string of the molecule is CC1(C(=O)Nc2ccccc2Sc2ccccc2)CC(=O)N=C2C=CC=CN21. The number of fused-ring (bicyclic) bond motifs is 1. The van der Waals surface area contributed by atoms with Crippen molar-refractivity contribution in [2.75, 3.05) is 5.32 Å². The molecular weight excluding hydrogens is 370 g/mol. The molecule has 0 bridgehead atoms. The summed E-state index contributed by atoms with van der Waals surface area (Å²) in [7, 11) is 0. The summed E-state index contributed by atoms with van der Waals surface area (Å²) in [6.45, 7) is 1.77. The first kappa shape index (κ1) is 18.3. The van der Waals surface area contributed by atoms with Crippen molar-refractivity contribution in [3.8, 4) is 0 Å². The molecule has 0 aromatic heterocycles. The number of amidine groups is 1. The Bertz CT molecular complexity index is 1010. The third-order valence-corrected chi connectivity index (χ3v) is 5.78. The first-order valence-corrected chi connectivity index (χ1v) is 9.77. The zero-order valence-corrected chi connectivity index (χ0v) is 16.1. The number of allylic oxidation sites excluding steroid dienone is 2. The van der Waals surface area contributed by atoms with Gasteiger partial charge >= 0.3 is 0 Å². The summed E-state index contributed by atoms with van der Waals surface area (Å²) in [5, 5.41) is 3.03. The van der Waals surface area contributed by atoms with Crippen molar-refractivity contribution in [1.82, 2.24) is 4.90 Å². The van der Waals surface area contributed by atoms with Crippen molar-refractivity contribution in [2.24, 2.45) is 4.99 Å². The van der Waals surface area contributed by atoms with Crippen molar-refractivity contribution >= 4 is 35.1 Å². The van der Waals surface area contributed by atoms with Gasteiger partial charge in [0.2, 0.25) is 0 Å². The highest BCUT2D eigenvalue weighted by atomic mass is 32.2. The Kier molecular flexibility index (Phi) is 4.88. The fraction of sp³-hybridized carbons (Fsp3) is 0.136. The number of rotatable bonds is 4. The van der Waals surface area contributed by atoms with Crippen LogP contribution < -0.4 is 5.32 Å². The van der Waals surface area contributed by atoms with Crippen LogP contribution in [0.2, 0.25) is 0 Å². The lowest BCUT2D eigenvalue weighted by Crippen LogP contribution is -2.58. The lowest BCUT2D eigenvalue weighted by atomic mass is 9.91. The van der Waals surface area contributed by atoms with Crippen LogP contribution in [0.4, 0.5) is 5.69 Å². The second-order valence-corrected chi connectivity index (χ2v) is 7.87. The molecule has 4 rings (SSSR count). The maximum Gasteiger partial charge on any atom is 0.250 e. The molecule has 2 heterocycles. The van der Waals surface area contributed by atoms with Gasteiger partial charge in [0.15, 0.2) is 0 Å². The van der Waals surface area contributed by atoms with Crippen LogP contribution in [0, 0.1) is 0 Å². The summed E-state index contributed by atoms with van der Waals surface area (Å²) in [6, 6.07) is 17.7. The minimum absolute atomic E-state index is 0.0223. The number of nitrogens with zero attached hydrogens (tertiary/aromatic N) is 2. The van der Waals surface area contributed by atoms with Crippen LogP contribution in [0.3, 0.4) is 0 Å². The molecule has 2 amide bonds. The van der Waals surface area contributed by atoms with Crippen molar-refractivity contribution in [3.05, 3.63) is 79.0 Å². The molecule has 2 aliphatic heterocycles. The van der Waals surface area contributed by atoms with E-state index in [1.54, 1.807) is 41.9 Å². The van der Waals surface area contributed by atoms with Crippen molar-refractivity contribution in [2.45, 2.75) is 28.7 Å². The smallest absolute Gasteiger partial charge is 0.250 e. The molecule has 1 atom stereocenters. The molecule has 1 N–H and O–H groups in total. The molecule has 2 aliphatic rings. The number of hydrogen-bond acceptors (Lipinski definition) is 4. The monoisotopic (exact) mass is 389 g/mol. The van der Waals surface area contributed by atoms with Gasteiger partial charge in [-0.15, -0.1) is 0 Å². The number of nitrogens with one attached hydrogen (secondary N) is 1. The zero-order chi connectivity index (χ0) is 19.6. The highest BCUT2D eigenvalue weighted by Gasteiger charge is 2.45. The molecule has 28 heavy (non-hydrogen) atoms. The molecule has 1 unspecified atom stereocenters. The largest absolute Gasteiger partial charge is 0.323 e. The maximum atomic E-state index is 13.3. The van der Waals surface area contributed by atoms with E-state index in [1.165, 1.54) is 0 Å². The van der Waals surface area contributed by atoms with Gasteiger partial charge in [-0.25, -0.2) is 0 Å². The normalized spacial score (nSPS) is 20.5. The number of anilines is 1. The number of amides is 2. The molecule has 0 radical (unpaired) electrons. The average molecular weight is 389 g/mol. The summed E-state index contributed by atoms with van der Waals surface area (Å²) in [5.41, 5.74) is -0.324. The number of hydrogen-bond donors (Lipinski definition) is 1. The van der Waals surface area contributed by atoms with Gasteiger partial charge < -0.3 is 10.2 Å². The van der Waals surface area contributed by atoms with Crippen LogP contribution in [0.1, 0.15) is 13.3 Å². The Balaban J connectivity index is 1.60. The summed E-state index contributed by atoms with van der Waals surface area (Å²) in [5.74, 6) is -0.0477. The van der Waals surface area contributed by atoms with Crippen LogP contribution in [0.5, 0.6) is 0 Å². The molecule has 6 heteroatoms. The van der Waals surface area contributed by atoms with Gasteiger partial charge in [0.25, 0.3) is 11.8 Å². The Hall–Kier alpha value is -3.12. The summed E-state index contributed by atoms with van der Waals surface area (Å²) >= 11 is 1.58. The minimum atomic E-state index is -1.04.